The van der Waals surface area contributed by atoms with Crippen LogP contribution in [0.3, 0.4) is 0 Å². The monoisotopic (exact) mass is 555 g/mol. The van der Waals surface area contributed by atoms with E-state index in [1.165, 1.54) is 0 Å². The summed E-state index contributed by atoms with van der Waals surface area (Å²) >= 11 is 0. The van der Waals surface area contributed by atoms with Gasteiger partial charge < -0.3 is 13.7 Å². The molecule has 4 rings (SSSR count). The van der Waals surface area contributed by atoms with E-state index in [1.54, 1.807) is 49.0 Å². The highest BCUT2D eigenvalue weighted by Gasteiger charge is 2.40. The van der Waals surface area contributed by atoms with Gasteiger partial charge in [0.05, 0.1) is 16.8 Å². The predicted molar refractivity (Wildman–Crippen MR) is 157 cm³/mol. The van der Waals surface area contributed by atoms with E-state index in [2.05, 4.69) is 33.9 Å². The molecule has 6 nitrogen and oxygen atoms in total. The van der Waals surface area contributed by atoms with Crippen molar-refractivity contribution in [1.29, 1.82) is 0 Å². The third-order valence-electron chi connectivity index (χ3n) is 8.25. The van der Waals surface area contributed by atoms with Crippen LogP contribution in [0.2, 0.25) is 18.1 Å². The van der Waals surface area contributed by atoms with Gasteiger partial charge in [0.15, 0.2) is 18.2 Å². The van der Waals surface area contributed by atoms with Crippen molar-refractivity contribution in [1.82, 2.24) is 4.57 Å². The molecular formula is C30H41NO5SSi. The number of sulfone groups is 1. The van der Waals surface area contributed by atoms with Crippen molar-refractivity contribution in [2.24, 2.45) is 7.05 Å². The van der Waals surface area contributed by atoms with Gasteiger partial charge in [0.2, 0.25) is 0 Å². The zero-order chi connectivity index (χ0) is 27.9. The van der Waals surface area contributed by atoms with Crippen LogP contribution in [0.1, 0.15) is 53.4 Å². The Hall–Kier alpha value is -2.42. The third-order valence-corrected chi connectivity index (χ3v) is 14.5. The summed E-state index contributed by atoms with van der Waals surface area (Å²) in [5, 5.41) is 1.54. The SMILES string of the molecule is CCS(=O)(=O)c1ccc(OC2CCC(O[Si](C)(C)C(C)(C)C)CC2)c(-c2cn(C)c(=O)c3ccccc23)c1. The first-order valence-corrected chi connectivity index (χ1v) is 18.1. The zero-order valence-electron chi connectivity index (χ0n) is 23.7. The Morgan fingerprint density at radius 2 is 1.55 bits per heavy atom. The molecule has 2 aromatic carbocycles. The fourth-order valence-corrected chi connectivity index (χ4v) is 7.18. The number of aromatic nitrogens is 1. The highest BCUT2D eigenvalue weighted by molar-refractivity contribution is 7.91. The van der Waals surface area contributed by atoms with Crippen LogP contribution >= 0.6 is 0 Å². The summed E-state index contributed by atoms with van der Waals surface area (Å²) in [4.78, 5) is 13.1. The van der Waals surface area contributed by atoms with Crippen molar-refractivity contribution >= 4 is 28.9 Å². The largest absolute Gasteiger partial charge is 0.490 e. The number of hydrogen-bond donors (Lipinski definition) is 0. The maximum absolute atomic E-state index is 12.8. The molecule has 0 N–H and O–H groups in total. The van der Waals surface area contributed by atoms with E-state index in [4.69, 9.17) is 9.16 Å². The van der Waals surface area contributed by atoms with Gasteiger partial charge in [0.1, 0.15) is 5.75 Å². The molecule has 1 aliphatic rings. The Labute approximate surface area is 228 Å². The number of fused-ring (bicyclic) bond motifs is 1. The van der Waals surface area contributed by atoms with E-state index in [-0.39, 0.29) is 33.5 Å². The van der Waals surface area contributed by atoms with Gasteiger partial charge in [-0.3, -0.25) is 4.79 Å². The molecule has 0 radical (unpaired) electrons. The number of aryl methyl sites for hydroxylation is 1. The quantitative estimate of drug-likeness (QED) is 0.303. The van der Waals surface area contributed by atoms with Crippen molar-refractivity contribution < 1.29 is 17.6 Å². The van der Waals surface area contributed by atoms with Crippen LogP contribution in [0.15, 0.2) is 58.4 Å². The Balaban J connectivity index is 1.68. The van der Waals surface area contributed by atoms with Gasteiger partial charge in [-0.1, -0.05) is 45.9 Å². The summed E-state index contributed by atoms with van der Waals surface area (Å²) in [7, 11) is -3.54. The fraction of sp³-hybridized carbons (Fsp3) is 0.500. The second-order valence-corrected chi connectivity index (χ2v) is 19.0. The standard InChI is InChI=1S/C30H41NO5SSi/c1-8-37(33,34)23-17-18-28(35-21-13-15-22(16-14-21)36-38(6,7)30(2,3)4)26(19-23)27-20-31(5)29(32)25-12-10-9-11-24(25)27/h9-12,17-22H,8,13-16H2,1-7H3. The highest BCUT2D eigenvalue weighted by atomic mass is 32.2. The molecule has 1 fully saturated rings. The zero-order valence-corrected chi connectivity index (χ0v) is 25.5. The first-order chi connectivity index (χ1) is 17.7. The van der Waals surface area contributed by atoms with Gasteiger partial charge in [0.25, 0.3) is 5.56 Å². The molecule has 0 atom stereocenters. The third kappa shape index (κ3) is 5.77. The van der Waals surface area contributed by atoms with Crippen molar-refractivity contribution in [3.63, 3.8) is 0 Å². The first-order valence-electron chi connectivity index (χ1n) is 13.5. The average Bonchev–Trinajstić information content (AvgIpc) is 2.87. The number of ether oxygens (including phenoxy) is 1. The molecule has 1 aliphatic carbocycles. The number of hydrogen-bond acceptors (Lipinski definition) is 5. The van der Waals surface area contributed by atoms with Gasteiger partial charge in [-0.25, -0.2) is 8.42 Å². The fourth-order valence-electron chi connectivity index (χ4n) is 4.85. The summed E-state index contributed by atoms with van der Waals surface area (Å²) in [6.07, 6.45) is 5.68. The minimum Gasteiger partial charge on any atom is -0.490 e. The van der Waals surface area contributed by atoms with Crippen LogP contribution in [0.5, 0.6) is 5.75 Å². The lowest BCUT2D eigenvalue weighted by molar-refractivity contribution is 0.0728. The molecule has 0 unspecified atom stereocenters. The Morgan fingerprint density at radius 3 is 2.16 bits per heavy atom. The summed E-state index contributed by atoms with van der Waals surface area (Å²) in [6.45, 7) is 13.0. The lowest BCUT2D eigenvalue weighted by Gasteiger charge is -2.41. The van der Waals surface area contributed by atoms with E-state index >= 15 is 0 Å². The number of benzene rings is 2. The molecular weight excluding hydrogens is 514 g/mol. The lowest BCUT2D eigenvalue weighted by atomic mass is 9.94. The molecule has 1 heterocycles. The minimum absolute atomic E-state index is 0.0128. The van der Waals surface area contributed by atoms with Crippen LogP contribution in [0.4, 0.5) is 0 Å². The van der Waals surface area contributed by atoms with Gasteiger partial charge in [-0.2, -0.15) is 0 Å². The molecule has 1 saturated carbocycles. The normalized spacial score (nSPS) is 19.0. The Morgan fingerprint density at radius 1 is 0.947 bits per heavy atom. The molecule has 3 aromatic rings. The van der Waals surface area contributed by atoms with Crippen molar-refractivity contribution in [3.8, 4) is 16.9 Å². The molecule has 0 amide bonds. The molecule has 38 heavy (non-hydrogen) atoms. The molecule has 0 aliphatic heterocycles. The maximum Gasteiger partial charge on any atom is 0.258 e. The van der Waals surface area contributed by atoms with E-state index in [1.807, 2.05) is 18.2 Å². The van der Waals surface area contributed by atoms with E-state index in [0.717, 1.165) is 36.6 Å². The van der Waals surface area contributed by atoms with E-state index < -0.39 is 18.2 Å². The number of rotatable bonds is 7. The number of pyridine rings is 1. The van der Waals surface area contributed by atoms with E-state index in [0.29, 0.717) is 16.7 Å². The second kappa shape index (κ2) is 10.6. The lowest BCUT2D eigenvalue weighted by Crippen LogP contribution is -2.45. The molecule has 0 bridgehead atoms. The Kier molecular flexibility index (Phi) is 7.99. The summed E-state index contributed by atoms with van der Waals surface area (Å²) in [5.74, 6) is 0.649. The topological polar surface area (TPSA) is 74.6 Å². The van der Waals surface area contributed by atoms with Gasteiger partial charge in [-0.15, -0.1) is 0 Å². The second-order valence-electron chi connectivity index (χ2n) is 12.0. The minimum atomic E-state index is -3.42. The van der Waals surface area contributed by atoms with Crippen LogP contribution in [0.25, 0.3) is 21.9 Å². The van der Waals surface area contributed by atoms with Crippen molar-refractivity contribution in [2.75, 3.05) is 5.75 Å². The van der Waals surface area contributed by atoms with Crippen LogP contribution < -0.4 is 10.3 Å². The smallest absolute Gasteiger partial charge is 0.258 e. The summed E-state index contributed by atoms with van der Waals surface area (Å²) in [6, 6.07) is 12.5. The van der Waals surface area contributed by atoms with Crippen molar-refractivity contribution in [2.45, 2.75) is 88.6 Å². The molecule has 0 saturated heterocycles. The summed E-state index contributed by atoms with van der Waals surface area (Å²) in [5.41, 5.74) is 1.37. The van der Waals surface area contributed by atoms with Gasteiger partial charge in [0, 0.05) is 35.9 Å². The first kappa shape index (κ1) is 28.6. The van der Waals surface area contributed by atoms with Crippen LogP contribution in [-0.2, 0) is 21.3 Å². The summed E-state index contributed by atoms with van der Waals surface area (Å²) < 4.78 is 40.4. The molecule has 8 heteroatoms. The molecule has 206 valence electrons. The van der Waals surface area contributed by atoms with Gasteiger partial charge in [-0.05, 0) is 73.5 Å². The number of nitrogens with zero attached hydrogens (tertiary/aromatic N) is 1. The van der Waals surface area contributed by atoms with E-state index in [9.17, 15) is 13.2 Å². The molecule has 0 spiro atoms. The molecule has 1 aromatic heterocycles. The van der Waals surface area contributed by atoms with Crippen LogP contribution in [-0.4, -0.2) is 39.3 Å². The highest BCUT2D eigenvalue weighted by Crippen LogP contribution is 2.41. The van der Waals surface area contributed by atoms with Crippen molar-refractivity contribution in [3.05, 3.63) is 59.0 Å². The maximum atomic E-state index is 12.8. The van der Waals surface area contributed by atoms with Crippen LogP contribution in [0, 0.1) is 0 Å². The predicted octanol–water partition coefficient (Wildman–Crippen LogP) is 6.71. The Bertz CT molecular complexity index is 1480. The average molecular weight is 556 g/mol. The van der Waals surface area contributed by atoms with Gasteiger partial charge >= 0.3 is 0 Å².